The van der Waals surface area contributed by atoms with Crippen LogP contribution in [0.3, 0.4) is 0 Å². The monoisotopic (exact) mass is 706 g/mol. The summed E-state index contributed by atoms with van der Waals surface area (Å²) in [5.41, 5.74) is 4.40. The predicted octanol–water partition coefficient (Wildman–Crippen LogP) is 5.33. The van der Waals surface area contributed by atoms with E-state index in [0.717, 1.165) is 49.7 Å². The van der Waals surface area contributed by atoms with Gasteiger partial charge in [-0.2, -0.15) is 17.7 Å². The predicted molar refractivity (Wildman–Crippen MR) is 134 cm³/mol. The molecule has 0 radical (unpaired) electrons. The molecule has 0 amide bonds. The smallest absolute Gasteiger partial charge is 0.408 e. The molecule has 3 rings (SSSR count). The van der Waals surface area contributed by atoms with Crippen LogP contribution < -0.4 is 0 Å². The van der Waals surface area contributed by atoms with E-state index in [1.165, 1.54) is 11.1 Å². The summed E-state index contributed by atoms with van der Waals surface area (Å²) in [5.74, 6) is 0. The Kier molecular flexibility index (Phi) is 14.0. The van der Waals surface area contributed by atoms with E-state index in [-0.39, 0.29) is 37.2 Å². The van der Waals surface area contributed by atoms with Crippen molar-refractivity contribution in [2.45, 2.75) is 90.0 Å². The average Bonchev–Trinajstić information content (AvgIpc) is 2.86. The maximum atomic E-state index is 10.6. The van der Waals surface area contributed by atoms with Crippen LogP contribution in [-0.2, 0) is 27.1 Å². The maximum absolute atomic E-state index is 10.6. The Balaban J connectivity index is 0.00000432. The van der Waals surface area contributed by atoms with Crippen molar-refractivity contribution < 1.29 is 55.5 Å². The topological polar surface area (TPSA) is 68.2 Å². The zero-order chi connectivity index (χ0) is 24.3. The molecule has 35 heavy (non-hydrogen) atoms. The van der Waals surface area contributed by atoms with Gasteiger partial charge in [0.15, 0.2) is 6.29 Å². The van der Waals surface area contributed by atoms with Crippen LogP contribution >= 0.6 is 0 Å². The van der Waals surface area contributed by atoms with Gasteiger partial charge in [0.1, 0.15) is 6.10 Å². The molecule has 1 aliphatic rings. The second kappa shape index (κ2) is 16.1. The van der Waals surface area contributed by atoms with E-state index in [9.17, 15) is 10.2 Å². The first-order valence-electron chi connectivity index (χ1n) is 12.7. The van der Waals surface area contributed by atoms with Gasteiger partial charge in [0.2, 0.25) is 0 Å². The zero-order valence-corrected chi connectivity index (χ0v) is 25.4. The van der Waals surface area contributed by atoms with Crippen LogP contribution in [0.1, 0.15) is 75.0 Å². The second-order valence-electron chi connectivity index (χ2n) is 9.04. The molecule has 2 aromatic carbocycles. The molecule has 6 heteroatoms. The third kappa shape index (κ3) is 9.20. The minimum atomic E-state index is -1.09. The fourth-order valence-electron chi connectivity index (χ4n) is 4.26. The summed E-state index contributed by atoms with van der Waals surface area (Å²) in [6, 6.07) is 16.5. The van der Waals surface area contributed by atoms with Gasteiger partial charge in [-0.05, 0) is 24.5 Å². The van der Waals surface area contributed by atoms with E-state index >= 15 is 0 Å². The Hall–Kier alpha value is -0.838. The summed E-state index contributed by atoms with van der Waals surface area (Å²) < 4.78 is 18.5. The van der Waals surface area contributed by atoms with Gasteiger partial charge in [0.25, 0.3) is 0 Å². The summed E-state index contributed by atoms with van der Waals surface area (Å²) in [7, 11) is 0. The summed E-state index contributed by atoms with van der Waals surface area (Å²) in [5, 5.41) is 20.3. The molecule has 1 fully saturated rings. The molecule has 1 aliphatic heterocycles. The van der Waals surface area contributed by atoms with Crippen molar-refractivity contribution in [3.63, 3.8) is 0 Å². The third-order valence-corrected chi connectivity index (χ3v) is 6.12. The van der Waals surface area contributed by atoms with Crippen molar-refractivity contribution in [1.29, 1.82) is 0 Å². The molecule has 2 aromatic rings. The van der Waals surface area contributed by atoms with Gasteiger partial charge in [0, 0.05) is 5.56 Å². The van der Waals surface area contributed by atoms with E-state index in [4.69, 9.17) is 14.2 Å². The number of hydrogen-bond acceptors (Lipinski definition) is 5. The minimum Gasteiger partial charge on any atom is -0.408 e. The maximum Gasteiger partial charge on any atom is 2.00 e. The number of benzene rings is 2. The third-order valence-electron chi connectivity index (χ3n) is 6.12. The van der Waals surface area contributed by atoms with Gasteiger partial charge in [-0.15, -0.1) is 12.1 Å². The number of aryl methyl sites for hydroxylation is 2. The molecule has 0 saturated carbocycles. The molecule has 0 aromatic heterocycles. The molecule has 190 valence electrons. The summed E-state index contributed by atoms with van der Waals surface area (Å²) >= 11 is 0. The zero-order valence-electron chi connectivity index (χ0n) is 21.2. The van der Waals surface area contributed by atoms with Gasteiger partial charge in [-0.25, -0.2) is 0 Å². The van der Waals surface area contributed by atoms with Gasteiger partial charge in [0.05, 0.1) is 12.7 Å². The number of aliphatic hydroxyl groups excluding tert-OH is 2. The SMILES string of the molecule is CCCc1ccc([CH-]OC(C(O)CO)C2[CH-]C(CCC)OC(c3ccc(CCC)cc3)O2)cc1.[U+2]. The second-order valence-corrected chi connectivity index (χ2v) is 9.04. The molecule has 0 aliphatic carbocycles. The Labute approximate surface area is 234 Å². The molecule has 0 spiro atoms. The Morgan fingerprint density at radius 3 is 2.06 bits per heavy atom. The van der Waals surface area contributed by atoms with E-state index in [2.05, 4.69) is 45.0 Å². The Bertz CT molecular complexity index is 826. The first-order valence-corrected chi connectivity index (χ1v) is 12.7. The van der Waals surface area contributed by atoms with Crippen molar-refractivity contribution in [3.8, 4) is 0 Å². The van der Waals surface area contributed by atoms with Crippen molar-refractivity contribution in [3.05, 3.63) is 83.8 Å². The normalized spacial score (nSPS) is 21.7. The molecule has 2 N–H and O–H groups in total. The van der Waals surface area contributed by atoms with Crippen LogP contribution in [0.2, 0.25) is 0 Å². The summed E-state index contributed by atoms with van der Waals surface area (Å²) in [4.78, 5) is 0. The molecule has 5 nitrogen and oxygen atoms in total. The largest absolute Gasteiger partial charge is 2.00 e. The fraction of sp³-hybridized carbons (Fsp3) is 0.517. The van der Waals surface area contributed by atoms with E-state index < -0.39 is 31.2 Å². The van der Waals surface area contributed by atoms with E-state index in [1.54, 1.807) is 6.61 Å². The average molecular weight is 707 g/mol. The molecule has 5 atom stereocenters. The quantitative estimate of drug-likeness (QED) is 0.276. The van der Waals surface area contributed by atoms with Crippen LogP contribution in [-0.4, -0.2) is 41.2 Å². The summed E-state index contributed by atoms with van der Waals surface area (Å²) in [6.45, 7) is 7.66. The van der Waals surface area contributed by atoms with Crippen LogP contribution in [0.5, 0.6) is 0 Å². The van der Waals surface area contributed by atoms with Gasteiger partial charge < -0.3 is 24.4 Å². The molecular formula is C29H40O5U. The Morgan fingerprint density at radius 1 is 0.914 bits per heavy atom. The van der Waals surface area contributed by atoms with E-state index in [0.29, 0.717) is 0 Å². The first kappa shape index (κ1) is 30.4. The molecule has 0 bridgehead atoms. The van der Waals surface area contributed by atoms with Crippen molar-refractivity contribution in [2.75, 3.05) is 6.61 Å². The summed E-state index contributed by atoms with van der Waals surface area (Å²) in [6.07, 6.45) is 4.94. The van der Waals surface area contributed by atoms with Crippen molar-refractivity contribution in [1.82, 2.24) is 0 Å². The van der Waals surface area contributed by atoms with Gasteiger partial charge in [-0.1, -0.05) is 89.0 Å². The van der Waals surface area contributed by atoms with Gasteiger partial charge >= 0.3 is 31.1 Å². The van der Waals surface area contributed by atoms with Crippen LogP contribution in [0.25, 0.3) is 0 Å². The van der Waals surface area contributed by atoms with Crippen LogP contribution in [0.4, 0.5) is 0 Å². The fourth-order valence-corrected chi connectivity index (χ4v) is 4.26. The van der Waals surface area contributed by atoms with Crippen LogP contribution in [0.15, 0.2) is 48.5 Å². The number of rotatable bonds is 13. The molecule has 5 unspecified atom stereocenters. The minimum absolute atomic E-state index is 0. The molecule has 1 saturated heterocycles. The Morgan fingerprint density at radius 2 is 1.51 bits per heavy atom. The molecular weight excluding hydrogens is 666 g/mol. The number of hydrogen-bond donors (Lipinski definition) is 2. The number of aliphatic hydroxyl groups is 2. The van der Waals surface area contributed by atoms with Crippen molar-refractivity contribution in [2.24, 2.45) is 0 Å². The van der Waals surface area contributed by atoms with Crippen LogP contribution in [0, 0.1) is 44.1 Å². The first-order chi connectivity index (χ1) is 16.6. The molecule has 1 heterocycles. The standard InChI is InChI=1S/C29H40O5.U/c1-4-7-21-10-12-23(13-11-21)20-32-28(26(31)19-30)27-18-25(9-6-3)33-29(34-27)24-16-14-22(8-5-2)15-17-24;/h10-18,20,25-31H,4-9,19H2,1-3H3;/q-2;+2. The number of ether oxygens (including phenoxy) is 3. The van der Waals surface area contributed by atoms with Gasteiger partial charge in [-0.3, -0.25) is 6.42 Å². The van der Waals surface area contributed by atoms with Crippen molar-refractivity contribution >= 4 is 0 Å². The van der Waals surface area contributed by atoms with E-state index in [1.807, 2.05) is 30.7 Å².